The molecular weight excluding hydrogens is 463 g/mol. The Morgan fingerprint density at radius 3 is 2.26 bits per heavy atom. The maximum absolute atomic E-state index is 13.3. The van der Waals surface area contributed by atoms with Crippen molar-refractivity contribution in [2.45, 2.75) is 18.9 Å². The Kier molecular flexibility index (Phi) is 7.41. The van der Waals surface area contributed by atoms with Gasteiger partial charge in [-0.3, -0.25) is 9.59 Å². The fourth-order valence-corrected chi connectivity index (χ4v) is 4.65. The van der Waals surface area contributed by atoms with Crippen LogP contribution in [0.5, 0.6) is 0 Å². The van der Waals surface area contributed by atoms with E-state index < -0.39 is 0 Å². The van der Waals surface area contributed by atoms with Crippen molar-refractivity contribution >= 4 is 40.0 Å². The Labute approximate surface area is 207 Å². The van der Waals surface area contributed by atoms with Crippen molar-refractivity contribution < 1.29 is 14.0 Å². The lowest BCUT2D eigenvalue weighted by molar-refractivity contribution is -0.131. The number of thioether (sulfide) groups is 1. The van der Waals surface area contributed by atoms with E-state index >= 15 is 0 Å². The van der Waals surface area contributed by atoms with Crippen molar-refractivity contribution in [2.24, 2.45) is 0 Å². The van der Waals surface area contributed by atoms with E-state index in [4.69, 9.17) is 0 Å². The van der Waals surface area contributed by atoms with Gasteiger partial charge in [0.25, 0.3) is 0 Å². The van der Waals surface area contributed by atoms with Gasteiger partial charge in [-0.15, -0.1) is 10.2 Å². The number of carbonyl (C=O) groups excluding carboxylic acids is 2. The third-order valence-electron chi connectivity index (χ3n) is 5.66. The molecule has 8 heteroatoms. The number of benzene rings is 3. The van der Waals surface area contributed by atoms with Crippen LogP contribution in [0, 0.1) is 19.7 Å². The number of para-hydroxylation sites is 1. The number of nitrogens with one attached hydrogen (secondary N) is 1. The lowest BCUT2D eigenvalue weighted by Crippen LogP contribution is -2.36. The van der Waals surface area contributed by atoms with Gasteiger partial charge < -0.3 is 10.2 Å². The van der Waals surface area contributed by atoms with E-state index in [1.54, 1.807) is 19.2 Å². The first-order chi connectivity index (χ1) is 16.8. The molecule has 0 saturated carbocycles. The highest BCUT2D eigenvalue weighted by Crippen LogP contribution is 2.31. The van der Waals surface area contributed by atoms with Gasteiger partial charge in [-0.1, -0.05) is 54.2 Å². The Morgan fingerprint density at radius 1 is 0.914 bits per heavy atom. The number of halogens is 1. The van der Waals surface area contributed by atoms with E-state index in [0.717, 1.165) is 33.2 Å². The fourth-order valence-electron chi connectivity index (χ4n) is 3.74. The number of hydrogen-bond acceptors (Lipinski definition) is 5. The Bertz CT molecular complexity index is 1370. The second-order valence-corrected chi connectivity index (χ2v) is 9.22. The zero-order chi connectivity index (χ0) is 24.9. The predicted molar refractivity (Wildman–Crippen MR) is 138 cm³/mol. The molecule has 0 atom stereocenters. The molecule has 0 spiro atoms. The molecule has 3 aromatic carbocycles. The lowest BCUT2D eigenvalue weighted by Gasteiger charge is -2.18. The molecule has 6 nitrogen and oxygen atoms in total. The van der Waals surface area contributed by atoms with Crippen LogP contribution < -0.4 is 5.32 Å². The van der Waals surface area contributed by atoms with Gasteiger partial charge in [0.15, 0.2) is 0 Å². The minimum absolute atomic E-state index is 0.0525. The van der Waals surface area contributed by atoms with Gasteiger partial charge in [-0.05, 0) is 49.2 Å². The summed E-state index contributed by atoms with van der Waals surface area (Å²) >= 11 is 1.27. The first-order valence-electron chi connectivity index (χ1n) is 11.1. The highest BCUT2D eigenvalue weighted by molar-refractivity contribution is 8.00. The largest absolute Gasteiger partial charge is 0.336 e. The number of rotatable bonds is 7. The van der Waals surface area contributed by atoms with Crippen molar-refractivity contribution in [2.75, 3.05) is 24.7 Å². The molecule has 0 unspecified atom stereocenters. The third kappa shape index (κ3) is 5.66. The number of hydrogen-bond donors (Lipinski definition) is 1. The van der Waals surface area contributed by atoms with Gasteiger partial charge in [0.05, 0.1) is 12.3 Å². The molecule has 0 aliphatic heterocycles. The second kappa shape index (κ2) is 10.7. The summed E-state index contributed by atoms with van der Waals surface area (Å²) in [5, 5.41) is 13.9. The lowest BCUT2D eigenvalue weighted by atomic mass is 10.1. The maximum atomic E-state index is 13.3. The summed E-state index contributed by atoms with van der Waals surface area (Å²) < 4.78 is 13.3. The fraction of sp³-hybridized carbons (Fsp3) is 0.185. The first-order valence-corrected chi connectivity index (χ1v) is 12.1. The minimum Gasteiger partial charge on any atom is -0.336 e. The molecule has 0 bridgehead atoms. The smallest absolute Gasteiger partial charge is 0.243 e. The van der Waals surface area contributed by atoms with Crippen molar-refractivity contribution in [3.05, 3.63) is 83.7 Å². The van der Waals surface area contributed by atoms with Crippen LogP contribution in [-0.2, 0) is 9.59 Å². The zero-order valence-corrected chi connectivity index (χ0v) is 20.5. The van der Waals surface area contributed by atoms with Crippen molar-refractivity contribution in [3.8, 4) is 11.3 Å². The number of amides is 2. The second-order valence-electron chi connectivity index (χ2n) is 8.26. The van der Waals surface area contributed by atoms with Gasteiger partial charge in [0.1, 0.15) is 16.5 Å². The number of likely N-dealkylation sites (N-methyl/N-ethyl adjacent to an activating group) is 1. The monoisotopic (exact) mass is 488 g/mol. The average molecular weight is 489 g/mol. The van der Waals surface area contributed by atoms with Crippen molar-refractivity contribution in [1.82, 2.24) is 15.1 Å². The molecule has 4 rings (SSSR count). The van der Waals surface area contributed by atoms with Crippen LogP contribution >= 0.6 is 11.8 Å². The first kappa shape index (κ1) is 24.3. The molecule has 1 aromatic heterocycles. The van der Waals surface area contributed by atoms with Crippen LogP contribution in [0.2, 0.25) is 0 Å². The van der Waals surface area contributed by atoms with Gasteiger partial charge in [-0.2, -0.15) is 0 Å². The van der Waals surface area contributed by atoms with Crippen LogP contribution in [-0.4, -0.2) is 46.3 Å². The van der Waals surface area contributed by atoms with E-state index in [1.807, 2.05) is 56.3 Å². The van der Waals surface area contributed by atoms with Crippen LogP contribution in [0.4, 0.5) is 10.1 Å². The molecule has 35 heavy (non-hydrogen) atoms. The molecule has 0 aliphatic carbocycles. The highest BCUT2D eigenvalue weighted by atomic mass is 32.2. The highest BCUT2D eigenvalue weighted by Gasteiger charge is 2.17. The van der Waals surface area contributed by atoms with Gasteiger partial charge in [-0.25, -0.2) is 4.39 Å². The molecule has 4 aromatic rings. The summed E-state index contributed by atoms with van der Waals surface area (Å²) in [4.78, 5) is 26.7. The third-order valence-corrected chi connectivity index (χ3v) is 6.62. The molecule has 1 heterocycles. The van der Waals surface area contributed by atoms with E-state index in [1.165, 1.54) is 28.8 Å². The van der Waals surface area contributed by atoms with Crippen LogP contribution in [0.25, 0.3) is 22.0 Å². The summed E-state index contributed by atoms with van der Waals surface area (Å²) in [6.07, 6.45) is 0. The van der Waals surface area contributed by atoms with E-state index in [2.05, 4.69) is 15.5 Å². The quantitative estimate of drug-likeness (QED) is 0.360. The number of anilines is 1. The molecule has 0 aliphatic rings. The number of nitrogens with zero attached hydrogens (tertiary/aromatic N) is 3. The number of fused-ring (bicyclic) bond motifs is 1. The Morgan fingerprint density at radius 2 is 1.57 bits per heavy atom. The summed E-state index contributed by atoms with van der Waals surface area (Å²) in [6.45, 7) is 3.81. The van der Waals surface area contributed by atoms with Crippen LogP contribution in [0.3, 0.4) is 0 Å². The standard InChI is InChI=1S/C27H25FN4O2S/c1-17-7-6-8-18(2)25(17)29-23(33)15-32(3)24(34)16-35-27-22-10-5-4-9-21(22)26(30-31-27)19-11-13-20(28)14-12-19/h4-14H,15-16H2,1-3H3,(H,29,33). The van der Waals surface area contributed by atoms with Crippen LogP contribution in [0.15, 0.2) is 71.8 Å². The number of aryl methyl sites for hydroxylation is 2. The topological polar surface area (TPSA) is 75.2 Å². The summed E-state index contributed by atoms with van der Waals surface area (Å²) in [7, 11) is 1.61. The summed E-state index contributed by atoms with van der Waals surface area (Å²) in [5.41, 5.74) is 4.12. The molecular formula is C27H25FN4O2S. The van der Waals surface area contributed by atoms with Gasteiger partial charge in [0.2, 0.25) is 11.8 Å². The molecule has 0 radical (unpaired) electrons. The van der Waals surface area contributed by atoms with Crippen LogP contribution in [0.1, 0.15) is 11.1 Å². The molecule has 2 amide bonds. The SMILES string of the molecule is Cc1cccc(C)c1NC(=O)CN(C)C(=O)CSc1nnc(-c2ccc(F)cc2)c2ccccc12. The Balaban J connectivity index is 1.43. The summed E-state index contributed by atoms with van der Waals surface area (Å²) in [5.74, 6) is -0.650. The van der Waals surface area contributed by atoms with Gasteiger partial charge in [0, 0.05) is 29.1 Å². The van der Waals surface area contributed by atoms with E-state index in [-0.39, 0.29) is 29.9 Å². The molecule has 0 saturated heterocycles. The van der Waals surface area contributed by atoms with E-state index in [0.29, 0.717) is 10.7 Å². The minimum atomic E-state index is -0.316. The Hall–Kier alpha value is -3.78. The zero-order valence-electron chi connectivity index (χ0n) is 19.7. The maximum Gasteiger partial charge on any atom is 0.243 e. The van der Waals surface area contributed by atoms with Crippen molar-refractivity contribution in [1.29, 1.82) is 0 Å². The molecule has 0 fully saturated rings. The molecule has 1 N–H and O–H groups in total. The number of carbonyl (C=O) groups is 2. The number of aromatic nitrogens is 2. The van der Waals surface area contributed by atoms with E-state index in [9.17, 15) is 14.0 Å². The van der Waals surface area contributed by atoms with Crippen molar-refractivity contribution in [3.63, 3.8) is 0 Å². The normalized spacial score (nSPS) is 10.9. The van der Waals surface area contributed by atoms with Gasteiger partial charge >= 0.3 is 0 Å². The predicted octanol–water partition coefficient (Wildman–Crippen LogP) is 5.24. The summed E-state index contributed by atoms with van der Waals surface area (Å²) in [6, 6.07) is 19.6. The molecule has 178 valence electrons. The average Bonchev–Trinajstić information content (AvgIpc) is 2.85.